The summed E-state index contributed by atoms with van der Waals surface area (Å²) in [6, 6.07) is 7.33. The molecule has 94 valence electrons. The lowest BCUT2D eigenvalue weighted by molar-refractivity contribution is 0.0699. The highest BCUT2D eigenvalue weighted by Crippen LogP contribution is 2.29. The van der Waals surface area contributed by atoms with Crippen molar-refractivity contribution in [3.63, 3.8) is 0 Å². The lowest BCUT2D eigenvalue weighted by atomic mass is 10.3. The molecule has 2 rings (SSSR count). The van der Waals surface area contributed by atoms with Crippen molar-refractivity contribution in [2.45, 2.75) is 6.61 Å². The summed E-state index contributed by atoms with van der Waals surface area (Å²) in [5.74, 6) is -0.237. The van der Waals surface area contributed by atoms with Crippen molar-refractivity contribution < 1.29 is 14.6 Å². The van der Waals surface area contributed by atoms with Crippen LogP contribution in [0.5, 0.6) is 5.75 Å². The zero-order chi connectivity index (χ0) is 13.1. The van der Waals surface area contributed by atoms with E-state index in [0.717, 1.165) is 8.95 Å². The van der Waals surface area contributed by atoms with Crippen LogP contribution in [0.25, 0.3) is 0 Å². The Morgan fingerprint density at radius 1 is 1.33 bits per heavy atom. The summed E-state index contributed by atoms with van der Waals surface area (Å²) in [6.07, 6.45) is 0. The van der Waals surface area contributed by atoms with E-state index in [1.165, 1.54) is 11.3 Å². The van der Waals surface area contributed by atoms with E-state index in [1.807, 2.05) is 18.2 Å². The summed E-state index contributed by atoms with van der Waals surface area (Å²) in [7, 11) is 0. The van der Waals surface area contributed by atoms with Gasteiger partial charge in [0.25, 0.3) is 0 Å². The summed E-state index contributed by atoms with van der Waals surface area (Å²) in [6.45, 7) is 0.241. The third-order valence-electron chi connectivity index (χ3n) is 2.22. The average molecular weight is 392 g/mol. The average Bonchev–Trinajstić information content (AvgIpc) is 2.76. The Bertz CT molecular complexity index is 580. The predicted molar refractivity (Wildman–Crippen MR) is 77.5 cm³/mol. The molecule has 0 spiro atoms. The Labute approximate surface area is 125 Å². The zero-order valence-electron chi connectivity index (χ0n) is 9.02. The molecule has 0 unspecified atom stereocenters. The first kappa shape index (κ1) is 13.6. The standard InChI is InChI=1S/C12H8Br2O3S/c13-8-1-2-10(9(14)5-8)17-6-7-3-4-18-11(7)12(15)16/h1-5H,6H2,(H,15,16). The molecule has 1 heterocycles. The van der Waals surface area contributed by atoms with Gasteiger partial charge in [-0.25, -0.2) is 4.79 Å². The van der Waals surface area contributed by atoms with Crippen molar-refractivity contribution in [1.82, 2.24) is 0 Å². The van der Waals surface area contributed by atoms with Crippen LogP contribution < -0.4 is 4.74 Å². The molecule has 0 aliphatic carbocycles. The van der Waals surface area contributed by atoms with Crippen LogP contribution in [0, 0.1) is 0 Å². The first-order chi connectivity index (χ1) is 8.58. The minimum Gasteiger partial charge on any atom is -0.488 e. The van der Waals surface area contributed by atoms with Crippen LogP contribution in [-0.4, -0.2) is 11.1 Å². The molecule has 2 aromatic rings. The van der Waals surface area contributed by atoms with Gasteiger partial charge in [-0.2, -0.15) is 0 Å². The van der Waals surface area contributed by atoms with E-state index in [0.29, 0.717) is 16.2 Å². The van der Waals surface area contributed by atoms with Crippen molar-refractivity contribution in [2.24, 2.45) is 0 Å². The quantitative estimate of drug-likeness (QED) is 0.831. The van der Waals surface area contributed by atoms with Crippen LogP contribution in [-0.2, 0) is 6.61 Å². The highest BCUT2D eigenvalue weighted by atomic mass is 79.9. The fraction of sp³-hybridized carbons (Fsp3) is 0.0833. The van der Waals surface area contributed by atoms with Gasteiger partial charge >= 0.3 is 5.97 Å². The van der Waals surface area contributed by atoms with E-state index in [-0.39, 0.29) is 6.61 Å². The van der Waals surface area contributed by atoms with E-state index >= 15 is 0 Å². The monoisotopic (exact) mass is 390 g/mol. The zero-order valence-corrected chi connectivity index (χ0v) is 13.0. The summed E-state index contributed by atoms with van der Waals surface area (Å²) < 4.78 is 7.37. The summed E-state index contributed by atoms with van der Waals surface area (Å²) in [5, 5.41) is 10.7. The van der Waals surface area contributed by atoms with Gasteiger partial charge in [-0.1, -0.05) is 15.9 Å². The number of thiophene rings is 1. The molecule has 0 bridgehead atoms. The molecule has 0 saturated carbocycles. The first-order valence-electron chi connectivity index (χ1n) is 4.95. The van der Waals surface area contributed by atoms with Gasteiger partial charge in [-0.3, -0.25) is 0 Å². The molecular weight excluding hydrogens is 384 g/mol. The van der Waals surface area contributed by atoms with Crippen LogP contribution in [0.3, 0.4) is 0 Å². The van der Waals surface area contributed by atoms with Gasteiger partial charge in [0.2, 0.25) is 0 Å². The van der Waals surface area contributed by atoms with Gasteiger partial charge < -0.3 is 9.84 Å². The number of hydrogen-bond donors (Lipinski definition) is 1. The number of halogens is 2. The van der Waals surface area contributed by atoms with Crippen LogP contribution in [0.15, 0.2) is 38.6 Å². The molecule has 0 aliphatic heterocycles. The first-order valence-corrected chi connectivity index (χ1v) is 7.42. The molecular formula is C12H8Br2O3S. The minimum absolute atomic E-state index is 0.241. The van der Waals surface area contributed by atoms with E-state index in [4.69, 9.17) is 9.84 Å². The highest BCUT2D eigenvalue weighted by Gasteiger charge is 2.12. The molecule has 0 saturated heterocycles. The number of ether oxygens (including phenoxy) is 1. The second-order valence-corrected chi connectivity index (χ2v) is 6.13. The number of carbonyl (C=O) groups is 1. The van der Waals surface area contributed by atoms with E-state index in [1.54, 1.807) is 11.4 Å². The molecule has 0 aliphatic rings. The van der Waals surface area contributed by atoms with Crippen LogP contribution in [0.4, 0.5) is 0 Å². The molecule has 0 atom stereocenters. The Morgan fingerprint density at radius 2 is 2.11 bits per heavy atom. The van der Waals surface area contributed by atoms with Crippen molar-refractivity contribution >= 4 is 49.2 Å². The maximum absolute atomic E-state index is 10.9. The van der Waals surface area contributed by atoms with E-state index < -0.39 is 5.97 Å². The largest absolute Gasteiger partial charge is 0.488 e. The molecule has 0 amide bonds. The fourth-order valence-electron chi connectivity index (χ4n) is 1.38. The number of hydrogen-bond acceptors (Lipinski definition) is 3. The minimum atomic E-state index is -0.918. The van der Waals surface area contributed by atoms with Crippen molar-refractivity contribution in [3.05, 3.63) is 49.0 Å². The van der Waals surface area contributed by atoms with Crippen LogP contribution in [0.1, 0.15) is 15.2 Å². The Morgan fingerprint density at radius 3 is 2.78 bits per heavy atom. The van der Waals surface area contributed by atoms with Gasteiger partial charge in [-0.05, 0) is 45.6 Å². The van der Waals surface area contributed by atoms with Gasteiger partial charge in [0.1, 0.15) is 17.2 Å². The lowest BCUT2D eigenvalue weighted by Gasteiger charge is -2.08. The van der Waals surface area contributed by atoms with E-state index in [9.17, 15) is 4.79 Å². The highest BCUT2D eigenvalue weighted by molar-refractivity contribution is 9.11. The van der Waals surface area contributed by atoms with Crippen molar-refractivity contribution in [3.8, 4) is 5.75 Å². The Hall–Kier alpha value is -0.850. The number of aromatic carboxylic acids is 1. The van der Waals surface area contributed by atoms with Gasteiger partial charge in [0.15, 0.2) is 0 Å². The van der Waals surface area contributed by atoms with Crippen molar-refractivity contribution in [2.75, 3.05) is 0 Å². The molecule has 1 N–H and O–H groups in total. The molecule has 3 nitrogen and oxygen atoms in total. The van der Waals surface area contributed by atoms with Crippen LogP contribution >= 0.6 is 43.2 Å². The summed E-state index contributed by atoms with van der Waals surface area (Å²) in [5.41, 5.74) is 0.683. The predicted octanol–water partition coefficient (Wildman–Crippen LogP) is 4.55. The normalized spacial score (nSPS) is 10.3. The summed E-state index contributed by atoms with van der Waals surface area (Å²) >= 11 is 7.95. The van der Waals surface area contributed by atoms with Crippen molar-refractivity contribution in [1.29, 1.82) is 0 Å². The molecule has 0 radical (unpaired) electrons. The van der Waals surface area contributed by atoms with Gasteiger partial charge in [-0.15, -0.1) is 11.3 Å². The third-order valence-corrected chi connectivity index (χ3v) is 4.28. The molecule has 18 heavy (non-hydrogen) atoms. The topological polar surface area (TPSA) is 46.5 Å². The lowest BCUT2D eigenvalue weighted by Crippen LogP contribution is -2.02. The molecule has 0 fully saturated rings. The Balaban J connectivity index is 2.11. The van der Waals surface area contributed by atoms with Crippen LogP contribution in [0.2, 0.25) is 0 Å². The number of carboxylic acid groups (broad SMARTS) is 1. The molecule has 1 aromatic heterocycles. The molecule has 1 aromatic carbocycles. The number of rotatable bonds is 4. The van der Waals surface area contributed by atoms with Gasteiger partial charge in [0, 0.05) is 10.0 Å². The second-order valence-electron chi connectivity index (χ2n) is 3.44. The van der Waals surface area contributed by atoms with Gasteiger partial charge in [0.05, 0.1) is 4.47 Å². The number of benzene rings is 1. The second kappa shape index (κ2) is 5.86. The molecule has 6 heteroatoms. The smallest absolute Gasteiger partial charge is 0.346 e. The van der Waals surface area contributed by atoms with E-state index in [2.05, 4.69) is 31.9 Å². The third kappa shape index (κ3) is 3.13. The Kier molecular flexibility index (Phi) is 4.42. The maximum Gasteiger partial charge on any atom is 0.346 e. The fourth-order valence-corrected chi connectivity index (χ4v) is 3.29. The SMILES string of the molecule is O=C(O)c1sccc1COc1ccc(Br)cc1Br. The number of carboxylic acids is 1. The maximum atomic E-state index is 10.9. The summed E-state index contributed by atoms with van der Waals surface area (Å²) in [4.78, 5) is 11.3.